The lowest BCUT2D eigenvalue weighted by atomic mass is 10.0. The van der Waals surface area contributed by atoms with Crippen LogP contribution in [-0.4, -0.2) is 19.6 Å². The maximum absolute atomic E-state index is 15.0. The zero-order chi connectivity index (χ0) is 22.4. The van der Waals surface area contributed by atoms with Crippen LogP contribution >= 0.6 is 23.6 Å². The zero-order valence-corrected chi connectivity index (χ0v) is 18.9. The molecule has 2 aromatic carbocycles. The van der Waals surface area contributed by atoms with Crippen LogP contribution in [-0.2, 0) is 0 Å². The van der Waals surface area contributed by atoms with E-state index >= 15 is 0 Å². The van der Waals surface area contributed by atoms with E-state index in [4.69, 9.17) is 17.2 Å². The lowest BCUT2D eigenvalue weighted by Crippen LogP contribution is -2.31. The van der Waals surface area contributed by atoms with Crippen molar-refractivity contribution < 1.29 is 4.39 Å². The number of halogens is 1. The van der Waals surface area contributed by atoms with Crippen LogP contribution in [0.2, 0.25) is 0 Å². The smallest absolute Gasteiger partial charge is 0.194 e. The molecule has 2 atom stereocenters. The average Bonchev–Trinajstić information content (AvgIpc) is 3.56. The first-order valence-electron chi connectivity index (χ1n) is 10.5. The third-order valence-corrected chi connectivity index (χ3v) is 7.13. The number of nitrogens with zero attached hydrogens (tertiary/aromatic N) is 4. The first-order chi connectivity index (χ1) is 16.2. The van der Waals surface area contributed by atoms with Gasteiger partial charge in [0.15, 0.2) is 10.2 Å². The molecular formula is C25H18FN5S2. The fourth-order valence-corrected chi connectivity index (χ4v) is 5.64. The number of nitrogens with one attached hydrogen (secondary N) is 1. The van der Waals surface area contributed by atoms with Crippen LogP contribution in [0, 0.1) is 5.82 Å². The molecular weight excluding hydrogens is 453 g/mol. The Morgan fingerprint density at radius 2 is 1.76 bits per heavy atom. The molecule has 3 aromatic heterocycles. The minimum Gasteiger partial charge on any atom is -0.351 e. The second-order valence-corrected chi connectivity index (χ2v) is 9.11. The number of thiocarbonyl (C=S) groups is 1. The van der Waals surface area contributed by atoms with Gasteiger partial charge in [-0.15, -0.1) is 0 Å². The summed E-state index contributed by atoms with van der Waals surface area (Å²) in [5, 5.41) is 4.69. The summed E-state index contributed by atoms with van der Waals surface area (Å²) < 4.78 is 18.1. The van der Waals surface area contributed by atoms with Crippen LogP contribution in [0.1, 0.15) is 23.5 Å². The van der Waals surface area contributed by atoms with Crippen molar-refractivity contribution in [2.24, 2.45) is 0 Å². The highest BCUT2D eigenvalue weighted by Crippen LogP contribution is 2.43. The fourth-order valence-electron chi connectivity index (χ4n) is 4.33. The molecule has 0 aliphatic carbocycles. The van der Waals surface area contributed by atoms with Crippen LogP contribution in [0.15, 0.2) is 91.3 Å². The van der Waals surface area contributed by atoms with Crippen molar-refractivity contribution in [2.45, 2.75) is 12.1 Å². The summed E-state index contributed by atoms with van der Waals surface area (Å²) in [5.41, 5.74) is 3.15. The number of thiazole rings is 1. The Hall–Kier alpha value is -3.62. The predicted octanol–water partition coefficient (Wildman–Crippen LogP) is 5.80. The number of fused-ring (bicyclic) bond motifs is 1. The number of benzene rings is 2. The monoisotopic (exact) mass is 471 g/mol. The number of rotatable bonds is 4. The predicted molar refractivity (Wildman–Crippen MR) is 133 cm³/mol. The maximum Gasteiger partial charge on any atom is 0.194 e. The lowest BCUT2D eigenvalue weighted by molar-refractivity contribution is 0.541. The molecule has 1 aliphatic heterocycles. The Morgan fingerprint density at radius 3 is 2.58 bits per heavy atom. The van der Waals surface area contributed by atoms with Gasteiger partial charge in [0.05, 0.1) is 33.3 Å². The summed E-state index contributed by atoms with van der Waals surface area (Å²) in [6, 6.07) is 24.0. The van der Waals surface area contributed by atoms with Gasteiger partial charge in [0.25, 0.3) is 0 Å². The largest absolute Gasteiger partial charge is 0.351 e. The number of aromatic nitrogens is 3. The topological polar surface area (TPSA) is 46.0 Å². The van der Waals surface area contributed by atoms with E-state index in [-0.39, 0.29) is 17.9 Å². The van der Waals surface area contributed by atoms with Crippen LogP contribution < -0.4 is 10.2 Å². The summed E-state index contributed by atoms with van der Waals surface area (Å²) in [6.45, 7) is 0. The highest BCUT2D eigenvalue weighted by atomic mass is 32.1. The zero-order valence-electron chi connectivity index (χ0n) is 17.3. The van der Waals surface area contributed by atoms with E-state index in [0.29, 0.717) is 10.8 Å². The summed E-state index contributed by atoms with van der Waals surface area (Å²) in [6.07, 6.45) is 3.75. The van der Waals surface area contributed by atoms with E-state index in [0.717, 1.165) is 26.7 Å². The maximum atomic E-state index is 15.0. The molecule has 8 heteroatoms. The van der Waals surface area contributed by atoms with Gasteiger partial charge in [-0.05, 0) is 60.7 Å². The molecule has 0 spiro atoms. The minimum atomic E-state index is -0.327. The van der Waals surface area contributed by atoms with Gasteiger partial charge in [-0.2, -0.15) is 0 Å². The summed E-state index contributed by atoms with van der Waals surface area (Å²) in [4.78, 5) is 11.3. The van der Waals surface area contributed by atoms with Crippen molar-refractivity contribution in [3.63, 3.8) is 0 Å². The Balaban J connectivity index is 1.53. The number of pyridine rings is 1. The highest BCUT2D eigenvalue weighted by Gasteiger charge is 2.43. The first kappa shape index (κ1) is 20.0. The van der Waals surface area contributed by atoms with Gasteiger partial charge in [0.1, 0.15) is 11.9 Å². The molecule has 4 heterocycles. The van der Waals surface area contributed by atoms with E-state index in [2.05, 4.69) is 20.9 Å². The van der Waals surface area contributed by atoms with Crippen LogP contribution in [0.4, 0.5) is 10.1 Å². The van der Waals surface area contributed by atoms with Gasteiger partial charge in [0.2, 0.25) is 0 Å². The van der Waals surface area contributed by atoms with Crippen LogP contribution in [0.25, 0.3) is 15.3 Å². The number of anilines is 1. The van der Waals surface area contributed by atoms with Crippen molar-refractivity contribution in [3.05, 3.63) is 108 Å². The average molecular weight is 472 g/mol. The summed E-state index contributed by atoms with van der Waals surface area (Å²) >= 11 is 7.34. The van der Waals surface area contributed by atoms with Gasteiger partial charge in [-0.1, -0.05) is 41.7 Å². The summed E-state index contributed by atoms with van der Waals surface area (Å²) in [7, 11) is 0. The van der Waals surface area contributed by atoms with Gasteiger partial charge < -0.3 is 10.2 Å². The van der Waals surface area contributed by atoms with Gasteiger partial charge in [-0.3, -0.25) is 9.55 Å². The van der Waals surface area contributed by atoms with Crippen molar-refractivity contribution in [1.29, 1.82) is 0 Å². The highest BCUT2D eigenvalue weighted by molar-refractivity contribution is 7.80. The molecule has 1 saturated heterocycles. The quantitative estimate of drug-likeness (QED) is 0.336. The Labute approximate surface area is 199 Å². The molecule has 5 aromatic rings. The molecule has 1 aliphatic rings. The third kappa shape index (κ3) is 3.39. The van der Waals surface area contributed by atoms with Gasteiger partial charge >= 0.3 is 0 Å². The third-order valence-electron chi connectivity index (χ3n) is 5.78. The minimum absolute atomic E-state index is 0.263. The second-order valence-electron chi connectivity index (χ2n) is 7.72. The Bertz CT molecular complexity index is 1430. The molecule has 1 N–H and O–H groups in total. The van der Waals surface area contributed by atoms with Gasteiger partial charge in [0, 0.05) is 12.4 Å². The van der Waals surface area contributed by atoms with E-state index in [9.17, 15) is 4.39 Å². The molecule has 33 heavy (non-hydrogen) atoms. The lowest BCUT2D eigenvalue weighted by Gasteiger charge is -2.28. The van der Waals surface area contributed by atoms with E-state index in [1.54, 1.807) is 29.7 Å². The fraction of sp³-hybridized carbons (Fsp3) is 0.0800. The van der Waals surface area contributed by atoms with Crippen LogP contribution in [0.5, 0.6) is 0 Å². The molecule has 0 radical (unpaired) electrons. The standard InChI is InChI=1S/C25H18FN5S2/c26-16-8-1-3-11-19(16)31-23(22(29-24(31)32)18-10-5-6-14-27-18)20-12-7-15-30(20)25-28-17-9-2-4-13-21(17)33-25/h1-15,22-23H,(H,29,32)/t22-,23+/m1/s1. The van der Waals surface area contributed by atoms with Crippen molar-refractivity contribution >= 4 is 44.6 Å². The normalized spacial score (nSPS) is 18.1. The van der Waals surface area contributed by atoms with Crippen molar-refractivity contribution in [1.82, 2.24) is 19.9 Å². The van der Waals surface area contributed by atoms with Crippen molar-refractivity contribution in [2.75, 3.05) is 4.90 Å². The molecule has 1 fully saturated rings. The SMILES string of the molecule is Fc1ccccc1N1C(=S)N[C@H](c2ccccn2)[C@@H]1c1cccn1-c1nc2ccccc2s1. The molecule has 0 saturated carbocycles. The molecule has 5 nitrogen and oxygen atoms in total. The second kappa shape index (κ2) is 8.06. The molecule has 0 bridgehead atoms. The van der Waals surface area contributed by atoms with Crippen molar-refractivity contribution in [3.8, 4) is 5.13 Å². The van der Waals surface area contributed by atoms with E-state index in [1.807, 2.05) is 65.7 Å². The summed E-state index contributed by atoms with van der Waals surface area (Å²) in [5.74, 6) is -0.327. The Morgan fingerprint density at radius 1 is 0.939 bits per heavy atom. The van der Waals surface area contributed by atoms with Gasteiger partial charge in [-0.25, -0.2) is 9.37 Å². The van der Waals surface area contributed by atoms with E-state index < -0.39 is 0 Å². The molecule has 0 unspecified atom stereocenters. The Kier molecular flexibility index (Phi) is 4.89. The number of hydrogen-bond acceptors (Lipinski definition) is 4. The molecule has 162 valence electrons. The molecule has 0 amide bonds. The molecule has 6 rings (SSSR count). The first-order valence-corrected chi connectivity index (χ1v) is 11.7. The number of hydrogen-bond donors (Lipinski definition) is 1. The van der Waals surface area contributed by atoms with Crippen LogP contribution in [0.3, 0.4) is 0 Å². The number of para-hydroxylation sites is 2. The van der Waals surface area contributed by atoms with E-state index in [1.165, 1.54) is 6.07 Å².